The molecule has 0 atom stereocenters. The fourth-order valence-electron chi connectivity index (χ4n) is 1.75. The van der Waals surface area contributed by atoms with Crippen LogP contribution in [0.5, 0.6) is 0 Å². The average molecular weight is 239 g/mol. The van der Waals surface area contributed by atoms with Crippen LogP contribution >= 0.6 is 0 Å². The van der Waals surface area contributed by atoms with Crippen LogP contribution in [0.4, 0.5) is 0 Å². The first kappa shape index (κ1) is 14.3. The average Bonchev–Trinajstić information content (AvgIpc) is 2.42. The molecule has 0 aliphatic carbocycles. The van der Waals surface area contributed by atoms with Crippen molar-refractivity contribution >= 4 is 6.08 Å². The van der Waals surface area contributed by atoms with E-state index in [9.17, 15) is 0 Å². The minimum absolute atomic E-state index is 0.719. The smallest absolute Gasteiger partial charge is 0.0991 e. The summed E-state index contributed by atoms with van der Waals surface area (Å²) in [5.41, 5.74) is 1.79. The van der Waals surface area contributed by atoms with Crippen molar-refractivity contribution in [2.45, 2.75) is 39.0 Å². The number of nitrogens with zero attached hydrogens (tertiary/aromatic N) is 1. The molecule has 18 heavy (non-hydrogen) atoms. The molecule has 1 heteroatoms. The van der Waals surface area contributed by atoms with Gasteiger partial charge in [0.15, 0.2) is 0 Å². The largest absolute Gasteiger partial charge is 0.192 e. The van der Waals surface area contributed by atoms with Gasteiger partial charge in [0, 0.05) is 0 Å². The summed E-state index contributed by atoms with van der Waals surface area (Å²) >= 11 is 0. The lowest BCUT2D eigenvalue weighted by molar-refractivity contribution is 0.674. The first-order chi connectivity index (χ1) is 8.86. The Hall–Kier alpha value is -1.81. The van der Waals surface area contributed by atoms with E-state index in [2.05, 4.69) is 19.1 Å². The molecule has 0 saturated heterocycles. The van der Waals surface area contributed by atoms with Crippen LogP contribution in [0.15, 0.2) is 48.1 Å². The van der Waals surface area contributed by atoms with E-state index in [0.29, 0.717) is 0 Å². The van der Waals surface area contributed by atoms with Gasteiger partial charge in [-0.25, -0.2) is 0 Å². The fraction of sp³-hybridized carbons (Fsp3) is 0.353. The van der Waals surface area contributed by atoms with Gasteiger partial charge in [-0.3, -0.25) is 0 Å². The molecule has 0 aliphatic heterocycles. The SMILES string of the molecule is CCCCCC/C=C/C(C#N)=C/c1ccccc1. The maximum Gasteiger partial charge on any atom is 0.0991 e. The van der Waals surface area contributed by atoms with Crippen molar-refractivity contribution < 1.29 is 0 Å². The predicted molar refractivity (Wildman–Crippen MR) is 77.9 cm³/mol. The molecule has 0 heterocycles. The van der Waals surface area contributed by atoms with Crippen LogP contribution in [0, 0.1) is 11.3 Å². The summed E-state index contributed by atoms with van der Waals surface area (Å²) in [6.07, 6.45) is 12.1. The van der Waals surface area contributed by atoms with Gasteiger partial charge in [-0.2, -0.15) is 5.26 Å². The van der Waals surface area contributed by atoms with Crippen molar-refractivity contribution in [3.63, 3.8) is 0 Å². The summed E-state index contributed by atoms with van der Waals surface area (Å²) in [6, 6.07) is 12.2. The molecule has 0 radical (unpaired) electrons. The van der Waals surface area contributed by atoms with E-state index in [0.717, 1.165) is 17.6 Å². The lowest BCUT2D eigenvalue weighted by Crippen LogP contribution is -1.77. The van der Waals surface area contributed by atoms with E-state index in [-0.39, 0.29) is 0 Å². The van der Waals surface area contributed by atoms with E-state index in [4.69, 9.17) is 5.26 Å². The van der Waals surface area contributed by atoms with Gasteiger partial charge < -0.3 is 0 Å². The molecule has 0 spiro atoms. The highest BCUT2D eigenvalue weighted by atomic mass is 14.2. The first-order valence-corrected chi connectivity index (χ1v) is 6.70. The highest BCUT2D eigenvalue weighted by Gasteiger charge is 1.91. The van der Waals surface area contributed by atoms with Crippen LogP contribution in [0.25, 0.3) is 6.08 Å². The van der Waals surface area contributed by atoms with Crippen LogP contribution in [-0.2, 0) is 0 Å². The molecule has 1 nitrogen and oxygen atoms in total. The van der Waals surface area contributed by atoms with Gasteiger partial charge in [0.1, 0.15) is 0 Å². The molecule has 1 aromatic carbocycles. The lowest BCUT2D eigenvalue weighted by Gasteiger charge is -1.95. The molecule has 0 unspecified atom stereocenters. The normalized spacial score (nSPS) is 11.7. The van der Waals surface area contributed by atoms with Crippen LogP contribution in [-0.4, -0.2) is 0 Å². The molecular formula is C17H21N. The van der Waals surface area contributed by atoms with Crippen LogP contribution in [0.2, 0.25) is 0 Å². The number of unbranched alkanes of at least 4 members (excludes halogenated alkanes) is 4. The highest BCUT2D eigenvalue weighted by Crippen LogP contribution is 2.08. The van der Waals surface area contributed by atoms with Gasteiger partial charge in [0.2, 0.25) is 0 Å². The minimum Gasteiger partial charge on any atom is -0.192 e. The standard InChI is InChI=1S/C17H21N/c1-2-3-4-5-6-8-13-17(15-18)14-16-11-9-7-10-12-16/h7-14H,2-6H2,1H3/b13-8+,17-14-. The lowest BCUT2D eigenvalue weighted by atomic mass is 10.1. The van der Waals surface area contributed by atoms with Crippen molar-refractivity contribution in [1.29, 1.82) is 5.26 Å². The molecule has 1 rings (SSSR count). The second kappa shape index (κ2) is 9.24. The Morgan fingerprint density at radius 1 is 1.17 bits per heavy atom. The quantitative estimate of drug-likeness (QED) is 0.368. The molecule has 0 aromatic heterocycles. The van der Waals surface area contributed by atoms with Gasteiger partial charge >= 0.3 is 0 Å². The van der Waals surface area contributed by atoms with E-state index < -0.39 is 0 Å². The van der Waals surface area contributed by atoms with Crippen LogP contribution in [0.3, 0.4) is 0 Å². The van der Waals surface area contributed by atoms with E-state index in [1.807, 2.05) is 42.5 Å². The first-order valence-electron chi connectivity index (χ1n) is 6.70. The van der Waals surface area contributed by atoms with Crippen LogP contribution in [0.1, 0.15) is 44.6 Å². The molecule has 0 aliphatic rings. The molecule has 1 aromatic rings. The number of nitriles is 1. The van der Waals surface area contributed by atoms with Gasteiger partial charge in [-0.1, -0.05) is 62.6 Å². The Kier molecular flexibility index (Phi) is 7.32. The third-order valence-electron chi connectivity index (χ3n) is 2.77. The molecule has 0 saturated carbocycles. The molecule has 0 amide bonds. The molecule has 94 valence electrons. The second-order valence-corrected chi connectivity index (χ2v) is 4.37. The number of hydrogen-bond donors (Lipinski definition) is 0. The monoisotopic (exact) mass is 239 g/mol. The van der Waals surface area contributed by atoms with Crippen molar-refractivity contribution in [1.82, 2.24) is 0 Å². The van der Waals surface area contributed by atoms with Crippen molar-refractivity contribution in [2.24, 2.45) is 0 Å². The Balaban J connectivity index is 2.45. The van der Waals surface area contributed by atoms with Gasteiger partial charge in [-0.05, 0) is 30.6 Å². The van der Waals surface area contributed by atoms with Gasteiger partial charge in [0.25, 0.3) is 0 Å². The van der Waals surface area contributed by atoms with Crippen molar-refractivity contribution in [3.05, 3.63) is 53.6 Å². The zero-order chi connectivity index (χ0) is 13.1. The summed E-state index contributed by atoms with van der Waals surface area (Å²) in [5, 5.41) is 9.06. The Morgan fingerprint density at radius 3 is 2.61 bits per heavy atom. The van der Waals surface area contributed by atoms with E-state index in [1.165, 1.54) is 25.7 Å². The topological polar surface area (TPSA) is 23.8 Å². The third-order valence-corrected chi connectivity index (χ3v) is 2.77. The number of rotatable bonds is 7. The molecule has 0 bridgehead atoms. The fourth-order valence-corrected chi connectivity index (χ4v) is 1.75. The maximum atomic E-state index is 9.06. The van der Waals surface area contributed by atoms with Gasteiger partial charge in [0.05, 0.1) is 11.6 Å². The number of hydrogen-bond acceptors (Lipinski definition) is 1. The van der Waals surface area contributed by atoms with E-state index in [1.54, 1.807) is 0 Å². The second-order valence-electron chi connectivity index (χ2n) is 4.37. The number of allylic oxidation sites excluding steroid dienone is 3. The maximum absolute atomic E-state index is 9.06. The summed E-state index contributed by atoms with van der Waals surface area (Å²) in [7, 11) is 0. The van der Waals surface area contributed by atoms with E-state index >= 15 is 0 Å². The van der Waals surface area contributed by atoms with Crippen LogP contribution < -0.4 is 0 Å². The number of benzene rings is 1. The van der Waals surface area contributed by atoms with Gasteiger partial charge in [-0.15, -0.1) is 0 Å². The summed E-state index contributed by atoms with van der Waals surface area (Å²) in [4.78, 5) is 0. The predicted octanol–water partition coefficient (Wildman–Crippen LogP) is 5.12. The molecular weight excluding hydrogens is 218 g/mol. The highest BCUT2D eigenvalue weighted by molar-refractivity contribution is 5.60. The summed E-state index contributed by atoms with van der Waals surface area (Å²) < 4.78 is 0. The van der Waals surface area contributed by atoms with Crippen molar-refractivity contribution in [2.75, 3.05) is 0 Å². The van der Waals surface area contributed by atoms with Crippen molar-refractivity contribution in [3.8, 4) is 6.07 Å². The molecule has 0 fully saturated rings. The Labute approximate surface area is 110 Å². The zero-order valence-corrected chi connectivity index (χ0v) is 11.1. The summed E-state index contributed by atoms with van der Waals surface area (Å²) in [6.45, 7) is 2.21. The Bertz CT molecular complexity index is 421. The Morgan fingerprint density at radius 2 is 1.94 bits per heavy atom. The molecule has 0 N–H and O–H groups in total. The third kappa shape index (κ3) is 6.06. The zero-order valence-electron chi connectivity index (χ0n) is 11.1. The summed E-state index contributed by atoms with van der Waals surface area (Å²) in [5.74, 6) is 0. The minimum atomic E-state index is 0.719.